The van der Waals surface area contributed by atoms with E-state index in [0.29, 0.717) is 6.04 Å². The number of hydrogen-bond donors (Lipinski definition) is 0. The van der Waals surface area contributed by atoms with E-state index >= 15 is 0 Å². The number of thioether (sulfide) groups is 1. The Kier molecular flexibility index (Phi) is 5.94. The Hall–Kier alpha value is -1.08. The lowest BCUT2D eigenvalue weighted by Gasteiger charge is -2.31. The van der Waals surface area contributed by atoms with Gasteiger partial charge in [-0.05, 0) is 30.6 Å². The summed E-state index contributed by atoms with van der Waals surface area (Å²) < 4.78 is 1.78. The van der Waals surface area contributed by atoms with Crippen molar-refractivity contribution in [2.45, 2.75) is 56.2 Å². The van der Waals surface area contributed by atoms with Crippen LogP contribution in [0, 0.1) is 10.1 Å². The summed E-state index contributed by atoms with van der Waals surface area (Å²) in [6.45, 7) is 3.32. The molecule has 7 heteroatoms. The molecule has 0 atom stereocenters. The van der Waals surface area contributed by atoms with E-state index in [1.165, 1.54) is 50.5 Å². The van der Waals surface area contributed by atoms with Crippen molar-refractivity contribution in [1.29, 1.82) is 0 Å². The van der Waals surface area contributed by atoms with Crippen LogP contribution in [0.15, 0.2) is 12.3 Å². The van der Waals surface area contributed by atoms with Crippen LogP contribution in [0.2, 0.25) is 0 Å². The predicted molar refractivity (Wildman–Crippen MR) is 92.9 cm³/mol. The van der Waals surface area contributed by atoms with E-state index in [0.717, 1.165) is 31.2 Å². The second-order valence-electron chi connectivity index (χ2n) is 6.61. The van der Waals surface area contributed by atoms with Gasteiger partial charge in [0.1, 0.15) is 0 Å². The quantitative estimate of drug-likeness (QED) is 0.587. The normalized spacial score (nSPS) is 21.6. The first kappa shape index (κ1) is 16.8. The average molecular weight is 338 g/mol. The zero-order valence-electron chi connectivity index (χ0n) is 13.6. The van der Waals surface area contributed by atoms with Gasteiger partial charge in [0.15, 0.2) is 0 Å². The van der Waals surface area contributed by atoms with Crippen molar-refractivity contribution >= 4 is 17.6 Å². The first-order chi connectivity index (χ1) is 11.2. The van der Waals surface area contributed by atoms with Gasteiger partial charge in [-0.3, -0.25) is 0 Å². The molecule has 1 saturated heterocycles. The van der Waals surface area contributed by atoms with Crippen LogP contribution in [0.4, 0.5) is 5.82 Å². The maximum Gasteiger partial charge on any atom is 0.389 e. The largest absolute Gasteiger partial charge is 0.389 e. The van der Waals surface area contributed by atoms with Gasteiger partial charge in [0.2, 0.25) is 0 Å². The molecule has 1 aromatic heterocycles. The lowest BCUT2D eigenvalue weighted by molar-refractivity contribution is -0.389. The number of nitrogens with zero attached hydrogens (tertiary/aromatic N) is 4. The van der Waals surface area contributed by atoms with Crippen LogP contribution >= 0.6 is 11.8 Å². The molecule has 0 radical (unpaired) electrons. The number of likely N-dealkylation sites (tertiary alicyclic amines) is 1. The van der Waals surface area contributed by atoms with E-state index in [-0.39, 0.29) is 5.82 Å². The molecule has 6 nitrogen and oxygen atoms in total. The molecular formula is C16H26N4O2S. The fourth-order valence-corrected chi connectivity index (χ4v) is 4.98. The Morgan fingerprint density at radius 1 is 1.22 bits per heavy atom. The summed E-state index contributed by atoms with van der Waals surface area (Å²) in [5.74, 6) is 1.19. The SMILES string of the molecule is O=[N+]([O-])c1ccn(C2CCN(CCSC3CCCCC3)CC2)n1. The van der Waals surface area contributed by atoms with Crippen molar-refractivity contribution < 1.29 is 4.92 Å². The molecule has 0 unspecified atom stereocenters. The standard InChI is InChI=1S/C16H26N4O2S/c21-20(22)16-8-11-19(17-16)14-6-9-18(10-7-14)12-13-23-15-4-2-1-3-5-15/h8,11,14-15H,1-7,9-10,12-13H2. The van der Waals surface area contributed by atoms with Crippen LogP contribution in [-0.4, -0.2) is 50.2 Å². The second-order valence-corrected chi connectivity index (χ2v) is 8.02. The third-order valence-corrected chi connectivity index (χ3v) is 6.39. The third kappa shape index (κ3) is 4.70. The Morgan fingerprint density at radius 2 is 1.96 bits per heavy atom. The highest BCUT2D eigenvalue weighted by Crippen LogP contribution is 2.29. The van der Waals surface area contributed by atoms with Crippen LogP contribution in [0.25, 0.3) is 0 Å². The predicted octanol–water partition coefficient (Wildman–Crippen LogP) is 3.49. The third-order valence-electron chi connectivity index (χ3n) is 5.03. The summed E-state index contributed by atoms with van der Waals surface area (Å²) >= 11 is 2.16. The molecule has 0 N–H and O–H groups in total. The Bertz CT molecular complexity index is 508. The fraction of sp³-hybridized carbons (Fsp3) is 0.812. The highest BCUT2D eigenvalue weighted by atomic mass is 32.2. The van der Waals surface area contributed by atoms with E-state index in [2.05, 4.69) is 21.8 Å². The van der Waals surface area contributed by atoms with Crippen molar-refractivity contribution in [3.05, 3.63) is 22.4 Å². The van der Waals surface area contributed by atoms with Gasteiger partial charge >= 0.3 is 5.82 Å². The molecule has 3 rings (SSSR count). The lowest BCUT2D eigenvalue weighted by Crippen LogP contribution is -2.36. The maximum atomic E-state index is 10.7. The van der Waals surface area contributed by atoms with Crippen LogP contribution in [0.5, 0.6) is 0 Å². The molecule has 0 amide bonds. The Balaban J connectivity index is 1.37. The Labute approximate surface area is 141 Å². The number of piperidine rings is 1. The van der Waals surface area contributed by atoms with Crippen molar-refractivity contribution in [2.24, 2.45) is 0 Å². The van der Waals surface area contributed by atoms with Crippen LogP contribution in [0.1, 0.15) is 51.0 Å². The fourth-order valence-electron chi connectivity index (χ4n) is 3.62. The molecule has 0 aromatic carbocycles. The lowest BCUT2D eigenvalue weighted by atomic mass is 10.0. The number of rotatable bonds is 6. The number of hydrogen-bond acceptors (Lipinski definition) is 5. The molecule has 1 aliphatic carbocycles. The number of aromatic nitrogens is 2. The van der Waals surface area contributed by atoms with Gasteiger partial charge in [-0.15, -0.1) is 0 Å². The molecule has 0 spiro atoms. The molecular weight excluding hydrogens is 312 g/mol. The molecule has 128 valence electrons. The van der Waals surface area contributed by atoms with Gasteiger partial charge in [0.25, 0.3) is 0 Å². The average Bonchev–Trinajstić information content (AvgIpc) is 3.07. The highest BCUT2D eigenvalue weighted by molar-refractivity contribution is 7.99. The van der Waals surface area contributed by atoms with E-state index in [1.54, 1.807) is 10.9 Å². The van der Waals surface area contributed by atoms with Crippen LogP contribution in [-0.2, 0) is 0 Å². The summed E-state index contributed by atoms with van der Waals surface area (Å²) in [6.07, 6.45) is 10.9. The molecule has 1 saturated carbocycles. The minimum absolute atomic E-state index is 0.0451. The molecule has 0 bridgehead atoms. The van der Waals surface area contributed by atoms with E-state index in [9.17, 15) is 10.1 Å². The van der Waals surface area contributed by atoms with Crippen molar-refractivity contribution in [3.8, 4) is 0 Å². The van der Waals surface area contributed by atoms with Crippen LogP contribution in [0.3, 0.4) is 0 Å². The van der Waals surface area contributed by atoms with Crippen LogP contribution < -0.4 is 0 Å². The monoisotopic (exact) mass is 338 g/mol. The van der Waals surface area contributed by atoms with Gasteiger partial charge in [-0.2, -0.15) is 16.4 Å². The highest BCUT2D eigenvalue weighted by Gasteiger charge is 2.24. The molecule has 23 heavy (non-hydrogen) atoms. The molecule has 1 aliphatic heterocycles. The topological polar surface area (TPSA) is 64.2 Å². The minimum Gasteiger partial charge on any atom is -0.358 e. The molecule has 2 heterocycles. The van der Waals surface area contributed by atoms with Crippen molar-refractivity contribution in [1.82, 2.24) is 14.7 Å². The Morgan fingerprint density at radius 3 is 2.61 bits per heavy atom. The van der Waals surface area contributed by atoms with Crippen molar-refractivity contribution in [3.63, 3.8) is 0 Å². The van der Waals surface area contributed by atoms with E-state index < -0.39 is 4.92 Å². The summed E-state index contributed by atoms with van der Waals surface area (Å²) in [5, 5.41) is 15.7. The summed E-state index contributed by atoms with van der Waals surface area (Å²) in [7, 11) is 0. The zero-order valence-corrected chi connectivity index (χ0v) is 14.4. The molecule has 2 fully saturated rings. The zero-order chi connectivity index (χ0) is 16.1. The molecule has 1 aromatic rings. The summed E-state index contributed by atoms with van der Waals surface area (Å²) in [6, 6.07) is 1.80. The smallest absolute Gasteiger partial charge is 0.358 e. The second kappa shape index (κ2) is 8.15. The van der Waals surface area contributed by atoms with Gasteiger partial charge in [0, 0.05) is 30.6 Å². The first-order valence-corrected chi connectivity index (χ1v) is 9.81. The van der Waals surface area contributed by atoms with Gasteiger partial charge in [-0.25, -0.2) is 0 Å². The summed E-state index contributed by atoms with van der Waals surface area (Å²) in [4.78, 5) is 12.8. The molecule has 2 aliphatic rings. The van der Waals surface area contributed by atoms with E-state index in [1.807, 2.05) is 0 Å². The van der Waals surface area contributed by atoms with Gasteiger partial charge in [-0.1, -0.05) is 19.3 Å². The van der Waals surface area contributed by atoms with Gasteiger partial charge in [0.05, 0.1) is 23.4 Å². The van der Waals surface area contributed by atoms with Crippen molar-refractivity contribution in [2.75, 3.05) is 25.4 Å². The first-order valence-electron chi connectivity index (χ1n) is 8.76. The number of nitro groups is 1. The summed E-state index contributed by atoms with van der Waals surface area (Å²) in [5.41, 5.74) is 0. The van der Waals surface area contributed by atoms with E-state index in [4.69, 9.17) is 0 Å². The minimum atomic E-state index is -0.423. The maximum absolute atomic E-state index is 10.7. The van der Waals surface area contributed by atoms with Gasteiger partial charge < -0.3 is 15.0 Å².